The van der Waals surface area contributed by atoms with E-state index in [1.807, 2.05) is 30.3 Å². The molecule has 0 unspecified atom stereocenters. The molecule has 0 atom stereocenters. The number of fused-ring (bicyclic) bond motifs is 1. The van der Waals surface area contributed by atoms with E-state index < -0.39 is 5.91 Å². The van der Waals surface area contributed by atoms with Crippen LogP contribution in [0.3, 0.4) is 0 Å². The second kappa shape index (κ2) is 5.53. The average Bonchev–Trinajstić information content (AvgIpc) is 2.97. The normalized spacial score (nSPS) is 15.6. The molecule has 0 aromatic heterocycles. The smallest absolute Gasteiger partial charge is 0.248 e. The molecule has 0 saturated heterocycles. The third-order valence-corrected chi connectivity index (χ3v) is 4.06. The number of nitrogens with two attached hydrogens (primary N) is 1. The molecule has 0 heterocycles. The zero-order valence-electron chi connectivity index (χ0n) is 11.5. The first-order valence-electron chi connectivity index (χ1n) is 7.19. The van der Waals surface area contributed by atoms with E-state index in [0.29, 0.717) is 11.5 Å². The van der Waals surface area contributed by atoms with Crippen LogP contribution in [0, 0.1) is 5.92 Å². The number of amides is 1. The van der Waals surface area contributed by atoms with E-state index in [-0.39, 0.29) is 0 Å². The lowest BCUT2D eigenvalue weighted by Gasteiger charge is -2.14. The average molecular weight is 269 g/mol. The second-order valence-electron chi connectivity index (χ2n) is 5.52. The number of hydrogen-bond acceptors (Lipinski definition) is 2. The predicted octanol–water partition coefficient (Wildman–Crippen LogP) is 3.51. The van der Waals surface area contributed by atoms with E-state index in [0.717, 1.165) is 23.1 Å². The van der Waals surface area contributed by atoms with Crippen LogP contribution in [0.5, 0.6) is 5.75 Å². The molecule has 1 saturated carbocycles. The number of carbonyl (C=O) groups is 1. The molecule has 104 valence electrons. The number of ether oxygens (including phenoxy) is 1. The third-order valence-electron chi connectivity index (χ3n) is 4.06. The molecule has 3 heteroatoms. The van der Waals surface area contributed by atoms with Crippen molar-refractivity contribution in [2.24, 2.45) is 11.7 Å². The van der Waals surface area contributed by atoms with E-state index in [1.165, 1.54) is 25.7 Å². The Morgan fingerprint density at radius 1 is 1.20 bits per heavy atom. The zero-order chi connectivity index (χ0) is 13.9. The lowest BCUT2D eigenvalue weighted by Crippen LogP contribution is -2.12. The van der Waals surface area contributed by atoms with Crippen molar-refractivity contribution >= 4 is 16.7 Å². The van der Waals surface area contributed by atoms with Gasteiger partial charge in [-0.05, 0) is 36.3 Å². The summed E-state index contributed by atoms with van der Waals surface area (Å²) >= 11 is 0. The van der Waals surface area contributed by atoms with Crippen LogP contribution in [-0.4, -0.2) is 12.5 Å². The fourth-order valence-electron chi connectivity index (χ4n) is 2.92. The Morgan fingerprint density at radius 3 is 2.70 bits per heavy atom. The number of hydrogen-bond donors (Lipinski definition) is 1. The first-order chi connectivity index (χ1) is 9.74. The Balaban J connectivity index is 1.92. The molecule has 0 spiro atoms. The third kappa shape index (κ3) is 2.62. The zero-order valence-corrected chi connectivity index (χ0v) is 11.5. The molecule has 0 aliphatic heterocycles. The van der Waals surface area contributed by atoms with Crippen LogP contribution in [0.2, 0.25) is 0 Å². The van der Waals surface area contributed by atoms with E-state index in [4.69, 9.17) is 10.5 Å². The van der Waals surface area contributed by atoms with Crippen molar-refractivity contribution < 1.29 is 9.53 Å². The first-order valence-corrected chi connectivity index (χ1v) is 7.19. The Hall–Kier alpha value is -2.03. The summed E-state index contributed by atoms with van der Waals surface area (Å²) in [5, 5.41) is 2.03. The van der Waals surface area contributed by atoms with E-state index in [9.17, 15) is 4.79 Å². The standard InChI is InChI=1S/C17H19NO2/c18-17(19)14-9-13-7-3-4-8-15(13)16(10-14)20-11-12-5-1-2-6-12/h3-4,7-10,12H,1-2,5-6,11H2,(H2,18,19). The van der Waals surface area contributed by atoms with Crippen LogP contribution >= 0.6 is 0 Å². The molecule has 0 bridgehead atoms. The summed E-state index contributed by atoms with van der Waals surface area (Å²) in [6.45, 7) is 0.728. The summed E-state index contributed by atoms with van der Waals surface area (Å²) < 4.78 is 5.99. The SMILES string of the molecule is NC(=O)c1cc(OCC2CCCC2)c2ccccc2c1. The van der Waals surface area contributed by atoms with Gasteiger partial charge < -0.3 is 10.5 Å². The molecule has 1 amide bonds. The summed E-state index contributed by atoms with van der Waals surface area (Å²) in [6, 6.07) is 11.5. The number of rotatable bonds is 4. The van der Waals surface area contributed by atoms with Gasteiger partial charge in [0.1, 0.15) is 5.75 Å². The summed E-state index contributed by atoms with van der Waals surface area (Å²) in [4.78, 5) is 11.4. The molecule has 2 aromatic carbocycles. The molecule has 0 radical (unpaired) electrons. The van der Waals surface area contributed by atoms with Crippen LogP contribution in [0.25, 0.3) is 10.8 Å². The van der Waals surface area contributed by atoms with Gasteiger partial charge in [0.25, 0.3) is 0 Å². The van der Waals surface area contributed by atoms with Crippen LogP contribution in [-0.2, 0) is 0 Å². The van der Waals surface area contributed by atoms with Gasteiger partial charge in [-0.3, -0.25) is 4.79 Å². The minimum atomic E-state index is -0.415. The monoisotopic (exact) mass is 269 g/mol. The highest BCUT2D eigenvalue weighted by Crippen LogP contribution is 2.30. The maximum absolute atomic E-state index is 11.4. The largest absolute Gasteiger partial charge is 0.493 e. The topological polar surface area (TPSA) is 52.3 Å². The maximum Gasteiger partial charge on any atom is 0.248 e. The Bertz CT molecular complexity index is 630. The van der Waals surface area contributed by atoms with Gasteiger partial charge in [0.2, 0.25) is 5.91 Å². The molecular weight excluding hydrogens is 250 g/mol. The van der Waals surface area contributed by atoms with Gasteiger partial charge in [-0.25, -0.2) is 0 Å². The van der Waals surface area contributed by atoms with Gasteiger partial charge in [0.05, 0.1) is 6.61 Å². The molecule has 1 aliphatic carbocycles. The highest BCUT2D eigenvalue weighted by Gasteiger charge is 2.16. The predicted molar refractivity (Wildman–Crippen MR) is 79.9 cm³/mol. The van der Waals surface area contributed by atoms with Crippen LogP contribution in [0.1, 0.15) is 36.0 Å². The molecule has 20 heavy (non-hydrogen) atoms. The van der Waals surface area contributed by atoms with Crippen molar-refractivity contribution in [2.75, 3.05) is 6.61 Å². The molecule has 3 rings (SSSR count). The van der Waals surface area contributed by atoms with Crippen molar-refractivity contribution in [3.05, 3.63) is 42.0 Å². The fraction of sp³-hybridized carbons (Fsp3) is 0.353. The molecule has 1 aliphatic rings. The fourth-order valence-corrected chi connectivity index (χ4v) is 2.92. The molecule has 1 fully saturated rings. The molecular formula is C17H19NO2. The van der Waals surface area contributed by atoms with Gasteiger partial charge >= 0.3 is 0 Å². The quantitative estimate of drug-likeness (QED) is 0.923. The second-order valence-corrected chi connectivity index (χ2v) is 5.52. The minimum absolute atomic E-state index is 0.415. The Kier molecular flexibility index (Phi) is 3.59. The molecule has 3 nitrogen and oxygen atoms in total. The lowest BCUT2D eigenvalue weighted by atomic mass is 10.1. The summed E-state index contributed by atoms with van der Waals surface area (Å²) in [5.74, 6) is 0.997. The van der Waals surface area contributed by atoms with Crippen molar-refractivity contribution in [3.8, 4) is 5.75 Å². The molecule has 2 N–H and O–H groups in total. The summed E-state index contributed by atoms with van der Waals surface area (Å²) in [5.41, 5.74) is 5.90. The van der Waals surface area contributed by atoms with Crippen molar-refractivity contribution in [1.29, 1.82) is 0 Å². The van der Waals surface area contributed by atoms with Crippen molar-refractivity contribution in [2.45, 2.75) is 25.7 Å². The highest BCUT2D eigenvalue weighted by molar-refractivity contribution is 6.00. The van der Waals surface area contributed by atoms with E-state index in [2.05, 4.69) is 0 Å². The van der Waals surface area contributed by atoms with Gasteiger partial charge in [0.15, 0.2) is 0 Å². The minimum Gasteiger partial charge on any atom is -0.493 e. The van der Waals surface area contributed by atoms with Gasteiger partial charge in [-0.2, -0.15) is 0 Å². The van der Waals surface area contributed by atoms with Gasteiger partial charge in [0, 0.05) is 10.9 Å². The molecule has 2 aromatic rings. The lowest BCUT2D eigenvalue weighted by molar-refractivity contribution is 0.1000. The maximum atomic E-state index is 11.4. The van der Waals surface area contributed by atoms with Crippen LogP contribution < -0.4 is 10.5 Å². The van der Waals surface area contributed by atoms with Crippen LogP contribution in [0.4, 0.5) is 0 Å². The van der Waals surface area contributed by atoms with Crippen molar-refractivity contribution in [3.63, 3.8) is 0 Å². The van der Waals surface area contributed by atoms with Gasteiger partial charge in [-0.15, -0.1) is 0 Å². The highest BCUT2D eigenvalue weighted by atomic mass is 16.5. The van der Waals surface area contributed by atoms with E-state index in [1.54, 1.807) is 6.07 Å². The van der Waals surface area contributed by atoms with Crippen LogP contribution in [0.15, 0.2) is 36.4 Å². The Labute approximate surface area is 118 Å². The first kappa shape index (κ1) is 13.0. The number of carbonyl (C=O) groups excluding carboxylic acids is 1. The summed E-state index contributed by atoms with van der Waals surface area (Å²) in [7, 11) is 0. The van der Waals surface area contributed by atoms with E-state index >= 15 is 0 Å². The van der Waals surface area contributed by atoms with Crippen molar-refractivity contribution in [1.82, 2.24) is 0 Å². The van der Waals surface area contributed by atoms with Gasteiger partial charge in [-0.1, -0.05) is 37.1 Å². The Morgan fingerprint density at radius 2 is 1.95 bits per heavy atom. The number of primary amides is 1. The number of benzene rings is 2. The summed E-state index contributed by atoms with van der Waals surface area (Å²) in [6.07, 6.45) is 5.09.